The van der Waals surface area contributed by atoms with Gasteiger partial charge in [0.15, 0.2) is 0 Å². The third kappa shape index (κ3) is 2.16. The van der Waals surface area contributed by atoms with Crippen molar-refractivity contribution in [2.75, 3.05) is 6.54 Å². The summed E-state index contributed by atoms with van der Waals surface area (Å²) in [5, 5.41) is 3.30. The maximum absolute atomic E-state index is 13.3. The van der Waals surface area contributed by atoms with Crippen molar-refractivity contribution in [1.29, 1.82) is 0 Å². The molecule has 0 unspecified atom stereocenters. The van der Waals surface area contributed by atoms with Crippen molar-refractivity contribution in [3.8, 4) is 0 Å². The highest BCUT2D eigenvalue weighted by Crippen LogP contribution is 2.11. The minimum atomic E-state index is -0.612. The van der Waals surface area contributed by atoms with Crippen LogP contribution < -0.4 is 5.32 Å². The van der Waals surface area contributed by atoms with E-state index in [1.54, 1.807) is 0 Å². The summed E-state index contributed by atoms with van der Waals surface area (Å²) < 4.78 is 13.3. The standard InChI is InChI=1S/C10H9FN3O2/c11-8-1-3-12-5-7(8)6-14-4-2-9(15)13-10(14)16/h1,3,5H,2,4,6H2. The van der Waals surface area contributed by atoms with Gasteiger partial charge < -0.3 is 4.90 Å². The molecule has 1 aromatic rings. The maximum Gasteiger partial charge on any atom is 0.347 e. The van der Waals surface area contributed by atoms with Crippen LogP contribution in [0.2, 0.25) is 0 Å². The fourth-order valence-corrected chi connectivity index (χ4v) is 1.44. The van der Waals surface area contributed by atoms with Crippen molar-refractivity contribution in [3.05, 3.63) is 29.8 Å². The lowest BCUT2D eigenvalue weighted by molar-refractivity contribution is -0.121. The molecule has 0 aromatic carbocycles. The predicted molar refractivity (Wildman–Crippen MR) is 51.8 cm³/mol. The minimum Gasteiger partial charge on any atom is -0.318 e. The Bertz CT molecular complexity index is 436. The lowest BCUT2D eigenvalue weighted by Crippen LogP contribution is -2.44. The number of carbonyl (C=O) groups excluding carboxylic acids is 2. The highest BCUT2D eigenvalue weighted by molar-refractivity contribution is 5.96. The van der Waals surface area contributed by atoms with E-state index in [1.165, 1.54) is 23.4 Å². The maximum atomic E-state index is 13.3. The van der Waals surface area contributed by atoms with Crippen LogP contribution in [0.3, 0.4) is 0 Å². The summed E-state index contributed by atoms with van der Waals surface area (Å²) in [6.45, 7) is 0.366. The van der Waals surface area contributed by atoms with Crippen molar-refractivity contribution >= 4 is 11.9 Å². The van der Waals surface area contributed by atoms with Gasteiger partial charge in [-0.15, -0.1) is 0 Å². The molecule has 0 bridgehead atoms. The molecule has 2 rings (SSSR count). The third-order valence-electron chi connectivity index (χ3n) is 2.29. The number of aromatic nitrogens is 1. The van der Waals surface area contributed by atoms with Crippen molar-refractivity contribution < 1.29 is 14.0 Å². The first kappa shape index (κ1) is 10.5. The first-order chi connectivity index (χ1) is 7.66. The van der Waals surface area contributed by atoms with Crippen molar-refractivity contribution in [2.24, 2.45) is 0 Å². The molecule has 0 N–H and O–H groups in total. The number of halogens is 1. The number of imide groups is 1. The molecule has 1 radical (unpaired) electrons. The topological polar surface area (TPSA) is 64.4 Å². The Balaban J connectivity index is 2.08. The van der Waals surface area contributed by atoms with Gasteiger partial charge in [-0.05, 0) is 6.07 Å². The van der Waals surface area contributed by atoms with Gasteiger partial charge in [-0.3, -0.25) is 9.78 Å². The molecule has 3 amide bonds. The molecule has 1 aromatic heterocycles. The van der Waals surface area contributed by atoms with E-state index in [4.69, 9.17) is 0 Å². The monoisotopic (exact) mass is 222 g/mol. The fourth-order valence-electron chi connectivity index (χ4n) is 1.44. The van der Waals surface area contributed by atoms with Gasteiger partial charge in [-0.25, -0.2) is 9.18 Å². The Morgan fingerprint density at radius 3 is 2.94 bits per heavy atom. The van der Waals surface area contributed by atoms with Crippen LogP contribution in [0.15, 0.2) is 18.5 Å². The van der Waals surface area contributed by atoms with Gasteiger partial charge in [0.25, 0.3) is 5.91 Å². The SMILES string of the molecule is O=C1CCN(Cc2cnccc2F)C(=O)[N]1. The molecular weight excluding hydrogens is 213 g/mol. The number of carbonyl (C=O) groups is 2. The van der Waals surface area contributed by atoms with Gasteiger partial charge in [-0.2, -0.15) is 5.32 Å². The second-order valence-electron chi connectivity index (χ2n) is 3.43. The number of rotatable bonds is 2. The quantitative estimate of drug-likeness (QED) is 0.739. The van der Waals surface area contributed by atoms with Crippen LogP contribution in [0.1, 0.15) is 12.0 Å². The van der Waals surface area contributed by atoms with E-state index in [1.807, 2.05) is 0 Å². The van der Waals surface area contributed by atoms with Crippen LogP contribution >= 0.6 is 0 Å². The minimum absolute atomic E-state index is 0.0925. The molecular formula is C10H9FN3O2. The molecule has 1 aliphatic rings. The van der Waals surface area contributed by atoms with E-state index < -0.39 is 17.8 Å². The number of hydrogen-bond donors (Lipinski definition) is 0. The first-order valence-corrected chi connectivity index (χ1v) is 4.78. The van der Waals surface area contributed by atoms with Crippen LogP contribution in [0.25, 0.3) is 0 Å². The van der Waals surface area contributed by atoms with Crippen molar-refractivity contribution in [1.82, 2.24) is 15.2 Å². The fraction of sp³-hybridized carbons (Fsp3) is 0.300. The second-order valence-corrected chi connectivity index (χ2v) is 3.43. The summed E-state index contributed by atoms with van der Waals surface area (Å²) in [5.74, 6) is -0.840. The second kappa shape index (κ2) is 4.26. The average molecular weight is 222 g/mol. The van der Waals surface area contributed by atoms with E-state index in [9.17, 15) is 14.0 Å². The zero-order chi connectivity index (χ0) is 11.5. The summed E-state index contributed by atoms with van der Waals surface area (Å²) in [6, 6.07) is 0.617. The molecule has 0 atom stereocenters. The van der Waals surface area contributed by atoms with Gasteiger partial charge in [0, 0.05) is 30.9 Å². The number of hydrogen-bond acceptors (Lipinski definition) is 3. The zero-order valence-electron chi connectivity index (χ0n) is 8.39. The van der Waals surface area contributed by atoms with Crippen LogP contribution in [0, 0.1) is 5.82 Å². The van der Waals surface area contributed by atoms with Crippen LogP contribution in [0.5, 0.6) is 0 Å². The summed E-state index contributed by atoms with van der Waals surface area (Å²) in [5.41, 5.74) is 0.320. The molecule has 0 aliphatic carbocycles. The summed E-state index contributed by atoms with van der Waals surface area (Å²) in [6.07, 6.45) is 2.89. The van der Waals surface area contributed by atoms with Gasteiger partial charge >= 0.3 is 6.03 Å². The normalized spacial score (nSPS) is 16.2. The van der Waals surface area contributed by atoms with Crippen molar-refractivity contribution in [3.63, 3.8) is 0 Å². The molecule has 5 nitrogen and oxygen atoms in total. The number of nitrogens with zero attached hydrogens (tertiary/aromatic N) is 3. The third-order valence-corrected chi connectivity index (χ3v) is 2.29. The first-order valence-electron chi connectivity index (χ1n) is 4.78. The van der Waals surface area contributed by atoms with Crippen LogP contribution in [-0.2, 0) is 11.3 Å². The molecule has 16 heavy (non-hydrogen) atoms. The van der Waals surface area contributed by atoms with Gasteiger partial charge in [0.1, 0.15) is 5.82 Å². The molecule has 2 heterocycles. The van der Waals surface area contributed by atoms with E-state index in [-0.39, 0.29) is 19.5 Å². The summed E-state index contributed by atoms with van der Waals surface area (Å²) in [4.78, 5) is 27.3. The summed E-state index contributed by atoms with van der Waals surface area (Å²) >= 11 is 0. The highest BCUT2D eigenvalue weighted by Gasteiger charge is 2.25. The Labute approximate surface area is 91.3 Å². The van der Waals surface area contributed by atoms with Crippen molar-refractivity contribution in [2.45, 2.75) is 13.0 Å². The van der Waals surface area contributed by atoms with Crippen LogP contribution in [-0.4, -0.2) is 28.4 Å². The molecule has 0 saturated carbocycles. The largest absolute Gasteiger partial charge is 0.347 e. The summed E-state index contributed by atoms with van der Waals surface area (Å²) in [7, 11) is 0. The zero-order valence-corrected chi connectivity index (χ0v) is 8.39. The van der Waals surface area contributed by atoms with Gasteiger partial charge in [0.05, 0.1) is 6.54 Å². The van der Waals surface area contributed by atoms with Gasteiger partial charge in [-0.1, -0.05) is 0 Å². The molecule has 83 valence electrons. The smallest absolute Gasteiger partial charge is 0.318 e. The lowest BCUT2D eigenvalue weighted by atomic mass is 10.2. The van der Waals surface area contributed by atoms with E-state index >= 15 is 0 Å². The van der Waals surface area contributed by atoms with E-state index in [0.717, 1.165) is 0 Å². The molecule has 1 fully saturated rings. The average Bonchev–Trinajstić information content (AvgIpc) is 2.25. The highest BCUT2D eigenvalue weighted by atomic mass is 19.1. The van der Waals surface area contributed by atoms with Crippen LogP contribution in [0.4, 0.5) is 9.18 Å². The Morgan fingerprint density at radius 1 is 1.44 bits per heavy atom. The van der Waals surface area contributed by atoms with Gasteiger partial charge in [0.2, 0.25) is 0 Å². The molecule has 6 heteroatoms. The Kier molecular flexibility index (Phi) is 2.80. The Hall–Kier alpha value is -1.98. The number of amides is 3. The Morgan fingerprint density at radius 2 is 2.25 bits per heavy atom. The lowest BCUT2D eigenvalue weighted by Gasteiger charge is -2.24. The molecule has 1 saturated heterocycles. The number of pyridine rings is 1. The molecule has 0 spiro atoms. The van der Waals surface area contributed by atoms with E-state index in [2.05, 4.69) is 10.3 Å². The number of urea groups is 1. The predicted octanol–water partition coefficient (Wildman–Crippen LogP) is 0.677. The molecule has 1 aliphatic heterocycles. The van der Waals surface area contributed by atoms with E-state index in [0.29, 0.717) is 5.56 Å².